The molecule has 2 aliphatic heterocycles. The molecule has 35 heavy (non-hydrogen) atoms. The third kappa shape index (κ3) is 4.95. The van der Waals surface area contributed by atoms with Crippen LogP contribution in [0.2, 0.25) is 0 Å². The Morgan fingerprint density at radius 2 is 2.00 bits per heavy atom. The molecular formula is C26H24N6O2S. The summed E-state index contributed by atoms with van der Waals surface area (Å²) in [7, 11) is 1.66. The fraction of sp³-hybridized carbons (Fsp3) is 0.192. The van der Waals surface area contributed by atoms with Gasteiger partial charge in [0.25, 0.3) is 0 Å². The molecule has 0 fully saturated rings. The summed E-state index contributed by atoms with van der Waals surface area (Å²) in [6, 6.07) is 3.68. The van der Waals surface area contributed by atoms with E-state index in [0.29, 0.717) is 18.0 Å². The van der Waals surface area contributed by atoms with Crippen molar-refractivity contribution in [3.05, 3.63) is 96.4 Å². The minimum absolute atomic E-state index is 0.00363. The molecule has 8 nitrogen and oxygen atoms in total. The van der Waals surface area contributed by atoms with Gasteiger partial charge in [-0.1, -0.05) is 42.1 Å². The monoisotopic (exact) mass is 484 g/mol. The highest BCUT2D eigenvalue weighted by Gasteiger charge is 2.23. The van der Waals surface area contributed by atoms with Gasteiger partial charge >= 0.3 is 0 Å². The minimum atomic E-state index is -0.151. The second-order valence-corrected chi connectivity index (χ2v) is 8.99. The van der Waals surface area contributed by atoms with Crippen molar-refractivity contribution in [2.24, 2.45) is 4.99 Å². The summed E-state index contributed by atoms with van der Waals surface area (Å²) >= 11 is 1.53. The number of amidine groups is 1. The summed E-state index contributed by atoms with van der Waals surface area (Å²) in [5, 5.41) is 9.77. The molecule has 176 valence electrons. The zero-order chi connectivity index (χ0) is 24.2. The number of nitrogens with zero attached hydrogens (tertiary/aromatic N) is 6. The molecule has 0 radical (unpaired) electrons. The van der Waals surface area contributed by atoms with Crippen LogP contribution < -0.4 is 0 Å². The van der Waals surface area contributed by atoms with Gasteiger partial charge in [-0.3, -0.25) is 19.2 Å². The molecule has 2 aromatic rings. The van der Waals surface area contributed by atoms with Crippen molar-refractivity contribution in [1.29, 1.82) is 0 Å². The summed E-state index contributed by atoms with van der Waals surface area (Å²) in [5.74, 6) is 2.68. The number of amides is 1. The molecule has 9 heteroatoms. The zero-order valence-electron chi connectivity index (χ0n) is 19.4. The van der Waals surface area contributed by atoms with Crippen LogP contribution >= 0.6 is 11.8 Å². The predicted octanol–water partition coefficient (Wildman–Crippen LogP) is 4.62. The van der Waals surface area contributed by atoms with E-state index in [1.165, 1.54) is 11.8 Å². The summed E-state index contributed by atoms with van der Waals surface area (Å²) in [6.45, 7) is 1.96. The second-order valence-electron chi connectivity index (χ2n) is 8.05. The third-order valence-electron chi connectivity index (χ3n) is 5.61. The molecule has 5 rings (SSSR count). The van der Waals surface area contributed by atoms with E-state index in [-0.39, 0.29) is 11.9 Å². The highest BCUT2D eigenvalue weighted by atomic mass is 32.2. The number of fused-ring (bicyclic) bond motifs is 1. The SMILES string of the molecule is COC1=CC(n2c(SCC3=CCC(=O)N4C=C(C)C=CC4=N3)nnc2-c2ccncc2)C=CC=C1. The van der Waals surface area contributed by atoms with Crippen LogP contribution in [0.1, 0.15) is 19.4 Å². The average Bonchev–Trinajstić information content (AvgIpc) is 3.06. The molecule has 1 amide bonds. The molecular weight excluding hydrogens is 460 g/mol. The maximum Gasteiger partial charge on any atom is 0.236 e. The van der Waals surface area contributed by atoms with Gasteiger partial charge in [0.15, 0.2) is 11.0 Å². The Morgan fingerprint density at radius 1 is 1.14 bits per heavy atom. The van der Waals surface area contributed by atoms with Crippen LogP contribution in [0.5, 0.6) is 0 Å². The minimum Gasteiger partial charge on any atom is -0.497 e. The van der Waals surface area contributed by atoms with Crippen molar-refractivity contribution in [2.75, 3.05) is 12.9 Å². The highest BCUT2D eigenvalue weighted by Crippen LogP contribution is 2.32. The summed E-state index contributed by atoms with van der Waals surface area (Å²) in [5.41, 5.74) is 2.76. The van der Waals surface area contributed by atoms with E-state index in [1.54, 1.807) is 24.4 Å². The third-order valence-corrected chi connectivity index (χ3v) is 6.59. The maximum absolute atomic E-state index is 12.6. The van der Waals surface area contributed by atoms with E-state index >= 15 is 0 Å². The van der Waals surface area contributed by atoms with E-state index in [9.17, 15) is 4.79 Å². The number of carbonyl (C=O) groups is 1. The number of allylic oxidation sites excluding steroid dienone is 7. The van der Waals surface area contributed by atoms with Gasteiger partial charge in [0, 0.05) is 42.0 Å². The Kier molecular flexibility index (Phi) is 6.58. The lowest BCUT2D eigenvalue weighted by Crippen LogP contribution is -2.31. The first-order valence-corrected chi connectivity index (χ1v) is 12.2. The largest absolute Gasteiger partial charge is 0.497 e. The van der Waals surface area contributed by atoms with Gasteiger partial charge in [0.05, 0.1) is 13.2 Å². The Labute approximate surface area is 207 Å². The van der Waals surface area contributed by atoms with Crippen LogP contribution in [-0.4, -0.2) is 49.3 Å². The van der Waals surface area contributed by atoms with Gasteiger partial charge in [-0.15, -0.1) is 10.2 Å². The van der Waals surface area contributed by atoms with Crippen LogP contribution in [0.3, 0.4) is 0 Å². The smallest absolute Gasteiger partial charge is 0.236 e. The van der Waals surface area contributed by atoms with Gasteiger partial charge in [-0.25, -0.2) is 4.99 Å². The molecule has 4 heterocycles. The predicted molar refractivity (Wildman–Crippen MR) is 136 cm³/mol. The van der Waals surface area contributed by atoms with Crippen LogP contribution in [0.4, 0.5) is 0 Å². The van der Waals surface area contributed by atoms with Crippen LogP contribution in [0.25, 0.3) is 11.4 Å². The number of pyridine rings is 1. The molecule has 1 aliphatic carbocycles. The van der Waals surface area contributed by atoms with E-state index in [4.69, 9.17) is 9.73 Å². The zero-order valence-corrected chi connectivity index (χ0v) is 20.2. The number of carbonyl (C=O) groups excluding carboxylic acids is 1. The summed E-state index contributed by atoms with van der Waals surface area (Å²) in [4.78, 5) is 23.1. The molecule has 3 aliphatic rings. The maximum atomic E-state index is 12.6. The first-order chi connectivity index (χ1) is 17.1. The Balaban J connectivity index is 1.47. The number of ether oxygens (including phenoxy) is 1. The fourth-order valence-electron chi connectivity index (χ4n) is 3.86. The topological polar surface area (TPSA) is 85.5 Å². The molecule has 0 saturated heterocycles. The number of aliphatic imine (C=N–C) groups is 1. The van der Waals surface area contributed by atoms with Gasteiger partial charge in [-0.05, 0) is 42.9 Å². The standard InChI is InChI=1S/C26H24N6O2S/c1-18-7-9-23-28-20(8-10-24(33)31(23)16-18)17-35-26-30-29-25(19-11-13-27-14-12-19)32(26)21-5-3-4-6-22(15-21)34-2/h3-9,11-16,21H,10,17H2,1-2H3. The molecule has 1 atom stereocenters. The van der Waals surface area contributed by atoms with E-state index in [0.717, 1.165) is 33.6 Å². The molecule has 0 spiro atoms. The van der Waals surface area contributed by atoms with Gasteiger partial charge in [0.2, 0.25) is 5.91 Å². The van der Waals surface area contributed by atoms with E-state index < -0.39 is 0 Å². The first kappa shape index (κ1) is 22.8. The molecule has 1 unspecified atom stereocenters. The molecule has 0 aromatic carbocycles. The van der Waals surface area contributed by atoms with Crippen molar-refractivity contribution in [3.8, 4) is 11.4 Å². The Bertz CT molecular complexity index is 1350. The fourth-order valence-corrected chi connectivity index (χ4v) is 4.77. The lowest BCUT2D eigenvalue weighted by Gasteiger charge is -2.20. The van der Waals surface area contributed by atoms with Gasteiger partial charge in [-0.2, -0.15) is 0 Å². The molecule has 0 bridgehead atoms. The quantitative estimate of drug-likeness (QED) is 0.557. The lowest BCUT2D eigenvalue weighted by molar-refractivity contribution is -0.124. The normalized spacial score (nSPS) is 19.3. The molecule has 0 saturated carbocycles. The number of aromatic nitrogens is 4. The Hall–Kier alpha value is -3.98. The van der Waals surface area contributed by atoms with Crippen molar-refractivity contribution in [2.45, 2.75) is 24.5 Å². The Morgan fingerprint density at radius 3 is 2.83 bits per heavy atom. The highest BCUT2D eigenvalue weighted by molar-refractivity contribution is 7.99. The van der Waals surface area contributed by atoms with Crippen molar-refractivity contribution in [1.82, 2.24) is 24.6 Å². The van der Waals surface area contributed by atoms with Crippen molar-refractivity contribution < 1.29 is 9.53 Å². The first-order valence-electron chi connectivity index (χ1n) is 11.2. The molecule has 0 N–H and O–H groups in total. The van der Waals surface area contributed by atoms with Gasteiger partial charge in [0.1, 0.15) is 11.6 Å². The van der Waals surface area contributed by atoms with Crippen molar-refractivity contribution >= 4 is 23.5 Å². The summed E-state index contributed by atoms with van der Waals surface area (Å²) in [6.07, 6.45) is 21.3. The molecule has 2 aromatic heterocycles. The van der Waals surface area contributed by atoms with E-state index in [2.05, 4.69) is 25.8 Å². The number of methoxy groups -OCH3 is 1. The second kappa shape index (κ2) is 10.1. The van der Waals surface area contributed by atoms with Crippen LogP contribution in [0, 0.1) is 0 Å². The number of thioether (sulfide) groups is 1. The van der Waals surface area contributed by atoms with E-state index in [1.807, 2.05) is 67.8 Å². The number of rotatable bonds is 6. The lowest BCUT2D eigenvalue weighted by atomic mass is 10.2. The van der Waals surface area contributed by atoms with Crippen LogP contribution in [0.15, 0.2) is 107 Å². The number of hydrogen-bond donors (Lipinski definition) is 0. The average molecular weight is 485 g/mol. The number of hydrogen-bond acceptors (Lipinski definition) is 7. The van der Waals surface area contributed by atoms with Crippen LogP contribution in [-0.2, 0) is 9.53 Å². The summed E-state index contributed by atoms with van der Waals surface area (Å²) < 4.78 is 7.59. The van der Waals surface area contributed by atoms with Crippen molar-refractivity contribution in [3.63, 3.8) is 0 Å². The van der Waals surface area contributed by atoms with Gasteiger partial charge < -0.3 is 4.74 Å².